The second-order valence-corrected chi connectivity index (χ2v) is 7.52. The molecule has 1 aromatic carbocycles. The predicted octanol–water partition coefficient (Wildman–Crippen LogP) is 2.43. The lowest BCUT2D eigenvalue weighted by molar-refractivity contribution is -0.192. The van der Waals surface area contributed by atoms with E-state index < -0.39 is 12.1 Å². The summed E-state index contributed by atoms with van der Waals surface area (Å²) in [6.45, 7) is 3.16. The van der Waals surface area contributed by atoms with Crippen LogP contribution in [0.15, 0.2) is 30.3 Å². The van der Waals surface area contributed by atoms with Crippen molar-refractivity contribution in [3.8, 4) is 0 Å². The van der Waals surface area contributed by atoms with Crippen molar-refractivity contribution < 1.29 is 32.6 Å². The first-order valence-electron chi connectivity index (χ1n) is 9.51. The van der Waals surface area contributed by atoms with Gasteiger partial charge in [0.2, 0.25) is 0 Å². The number of hydrogen-bond acceptors (Lipinski definition) is 4. The Morgan fingerprint density at radius 2 is 1.86 bits per heavy atom. The molecule has 1 amide bonds. The van der Waals surface area contributed by atoms with Crippen molar-refractivity contribution in [1.29, 1.82) is 0 Å². The van der Waals surface area contributed by atoms with Gasteiger partial charge in [0.1, 0.15) is 6.10 Å². The van der Waals surface area contributed by atoms with E-state index in [9.17, 15) is 18.0 Å². The molecule has 3 atom stereocenters. The molecule has 9 heteroatoms. The van der Waals surface area contributed by atoms with Crippen LogP contribution < -0.4 is 0 Å². The summed E-state index contributed by atoms with van der Waals surface area (Å²) in [5.41, 5.74) is 1.39. The van der Waals surface area contributed by atoms with Gasteiger partial charge in [-0.25, -0.2) is 4.79 Å². The number of fused-ring (bicyclic) bond motifs is 1. The topological polar surface area (TPSA) is 70.1 Å². The molecule has 6 nitrogen and oxygen atoms in total. The number of halogens is 3. The summed E-state index contributed by atoms with van der Waals surface area (Å²) in [5.74, 6) is -2.08. The highest BCUT2D eigenvalue weighted by Crippen LogP contribution is 2.33. The van der Waals surface area contributed by atoms with Crippen LogP contribution in [0.1, 0.15) is 18.4 Å². The summed E-state index contributed by atoms with van der Waals surface area (Å²) >= 11 is 0. The summed E-state index contributed by atoms with van der Waals surface area (Å²) in [4.78, 5) is 25.1. The van der Waals surface area contributed by atoms with Crippen LogP contribution in [-0.2, 0) is 20.7 Å². The molecule has 0 spiro atoms. The minimum absolute atomic E-state index is 0.116. The first-order valence-corrected chi connectivity index (χ1v) is 9.51. The fourth-order valence-corrected chi connectivity index (χ4v) is 3.58. The van der Waals surface area contributed by atoms with Crippen LogP contribution in [-0.4, -0.2) is 78.9 Å². The van der Waals surface area contributed by atoms with Gasteiger partial charge in [-0.15, -0.1) is 0 Å². The number of ether oxygens (including phenoxy) is 1. The average Bonchev–Trinajstić information content (AvgIpc) is 3.09. The van der Waals surface area contributed by atoms with Gasteiger partial charge < -0.3 is 19.6 Å². The van der Waals surface area contributed by atoms with Gasteiger partial charge in [-0.3, -0.25) is 4.79 Å². The Morgan fingerprint density at radius 1 is 1.24 bits per heavy atom. The SMILES string of the molecule is CN(C)C(=O)[C@@H]1C[C@@H]2CCN(CCc3ccccc3)C[C@H]2O1.O=C(O)C(F)(F)F. The first-order chi connectivity index (χ1) is 13.6. The molecule has 0 saturated carbocycles. The number of alkyl halides is 3. The Kier molecular flexibility index (Phi) is 8.04. The zero-order valence-electron chi connectivity index (χ0n) is 16.6. The number of carbonyl (C=O) groups is 2. The van der Waals surface area contributed by atoms with E-state index in [4.69, 9.17) is 14.6 Å². The Balaban J connectivity index is 0.000000370. The van der Waals surface area contributed by atoms with Gasteiger partial charge in [0.25, 0.3) is 5.91 Å². The normalized spacial score (nSPS) is 24.2. The van der Waals surface area contributed by atoms with Crippen molar-refractivity contribution >= 4 is 11.9 Å². The molecule has 162 valence electrons. The molecule has 29 heavy (non-hydrogen) atoms. The molecule has 2 aliphatic heterocycles. The first kappa shape index (κ1) is 23.2. The number of carbonyl (C=O) groups excluding carboxylic acids is 1. The molecule has 0 aromatic heterocycles. The maximum Gasteiger partial charge on any atom is 0.490 e. The fourth-order valence-electron chi connectivity index (χ4n) is 3.58. The molecule has 0 unspecified atom stereocenters. The quantitative estimate of drug-likeness (QED) is 0.817. The minimum atomic E-state index is -5.08. The second-order valence-electron chi connectivity index (χ2n) is 7.52. The van der Waals surface area contributed by atoms with E-state index in [1.54, 1.807) is 19.0 Å². The zero-order chi connectivity index (χ0) is 21.6. The van der Waals surface area contributed by atoms with Crippen molar-refractivity contribution in [3.63, 3.8) is 0 Å². The maximum atomic E-state index is 12.1. The number of carboxylic acids is 1. The standard InChI is InChI=1S/C18H26N2O2.C2HF3O2/c1-19(2)18(21)16-12-15-9-11-20(13-17(15)22-16)10-8-14-6-4-3-5-7-14;3-2(4,5)1(6)7/h3-7,15-17H,8-13H2,1-2H3;(H,6,7)/t15-,16-,17+;/m0./s1. The summed E-state index contributed by atoms with van der Waals surface area (Å²) < 4.78 is 37.8. The minimum Gasteiger partial charge on any atom is -0.475 e. The van der Waals surface area contributed by atoms with E-state index in [2.05, 4.69) is 35.2 Å². The number of aliphatic carboxylic acids is 1. The van der Waals surface area contributed by atoms with Crippen LogP contribution in [0.3, 0.4) is 0 Å². The number of carboxylic acid groups (broad SMARTS) is 1. The number of nitrogens with zero attached hydrogens (tertiary/aromatic N) is 2. The van der Waals surface area contributed by atoms with Crippen molar-refractivity contribution in [2.75, 3.05) is 33.7 Å². The number of likely N-dealkylation sites (tertiary alicyclic amines) is 1. The van der Waals surface area contributed by atoms with Crippen LogP contribution in [0.4, 0.5) is 13.2 Å². The van der Waals surface area contributed by atoms with Gasteiger partial charge in [-0.2, -0.15) is 13.2 Å². The Morgan fingerprint density at radius 3 is 2.41 bits per heavy atom. The van der Waals surface area contributed by atoms with Gasteiger partial charge in [-0.1, -0.05) is 30.3 Å². The average molecular weight is 416 g/mol. The Labute approximate surface area is 168 Å². The zero-order valence-corrected chi connectivity index (χ0v) is 16.6. The third-order valence-corrected chi connectivity index (χ3v) is 5.15. The number of piperidine rings is 1. The number of hydrogen-bond donors (Lipinski definition) is 1. The van der Waals surface area contributed by atoms with Crippen molar-refractivity contribution in [2.45, 2.75) is 37.6 Å². The molecule has 2 saturated heterocycles. The van der Waals surface area contributed by atoms with Crippen molar-refractivity contribution in [2.24, 2.45) is 5.92 Å². The second kappa shape index (κ2) is 10.1. The van der Waals surface area contributed by atoms with Gasteiger partial charge in [-0.05, 0) is 37.3 Å². The third kappa shape index (κ3) is 7.01. The highest BCUT2D eigenvalue weighted by molar-refractivity contribution is 5.80. The molecule has 2 aliphatic rings. The molecular formula is C20H27F3N2O4. The summed E-state index contributed by atoms with van der Waals surface area (Å²) in [7, 11) is 3.61. The van der Waals surface area contributed by atoms with E-state index >= 15 is 0 Å². The summed E-state index contributed by atoms with van der Waals surface area (Å²) in [5, 5.41) is 7.12. The number of likely N-dealkylation sites (N-methyl/N-ethyl adjacent to an activating group) is 1. The van der Waals surface area contributed by atoms with Crippen molar-refractivity contribution in [1.82, 2.24) is 9.80 Å². The molecule has 2 fully saturated rings. The molecule has 3 rings (SSSR count). The lowest BCUT2D eigenvalue weighted by atomic mass is 9.91. The van der Waals surface area contributed by atoms with Gasteiger partial charge in [0, 0.05) is 27.2 Å². The largest absolute Gasteiger partial charge is 0.490 e. The molecule has 2 heterocycles. The van der Waals surface area contributed by atoms with E-state index in [-0.39, 0.29) is 18.1 Å². The highest BCUT2D eigenvalue weighted by Gasteiger charge is 2.42. The monoisotopic (exact) mass is 416 g/mol. The van der Waals surface area contributed by atoms with Crippen LogP contribution >= 0.6 is 0 Å². The van der Waals surface area contributed by atoms with Crippen molar-refractivity contribution in [3.05, 3.63) is 35.9 Å². The maximum absolute atomic E-state index is 12.1. The molecule has 0 radical (unpaired) electrons. The molecule has 1 N–H and O–H groups in total. The Bertz CT molecular complexity index is 682. The number of rotatable bonds is 4. The lowest BCUT2D eigenvalue weighted by Crippen LogP contribution is -2.43. The molecular weight excluding hydrogens is 389 g/mol. The third-order valence-electron chi connectivity index (χ3n) is 5.15. The lowest BCUT2D eigenvalue weighted by Gasteiger charge is -2.34. The Hall–Kier alpha value is -2.13. The predicted molar refractivity (Wildman–Crippen MR) is 100 cm³/mol. The van der Waals surface area contributed by atoms with Crippen LogP contribution in [0, 0.1) is 5.92 Å². The number of benzene rings is 1. The molecule has 1 aromatic rings. The van der Waals surface area contributed by atoms with Gasteiger partial charge in [0.15, 0.2) is 0 Å². The van der Waals surface area contributed by atoms with Crippen LogP contribution in [0.25, 0.3) is 0 Å². The van der Waals surface area contributed by atoms with E-state index in [1.165, 1.54) is 5.56 Å². The highest BCUT2D eigenvalue weighted by atomic mass is 19.4. The molecule has 0 aliphatic carbocycles. The van der Waals surface area contributed by atoms with Gasteiger partial charge >= 0.3 is 12.1 Å². The van der Waals surface area contributed by atoms with E-state index in [1.807, 2.05) is 0 Å². The van der Waals surface area contributed by atoms with Crippen LogP contribution in [0.5, 0.6) is 0 Å². The smallest absolute Gasteiger partial charge is 0.475 e. The summed E-state index contributed by atoms with van der Waals surface area (Å²) in [6.07, 6.45) is -1.94. The van der Waals surface area contributed by atoms with E-state index in [0.717, 1.165) is 38.9 Å². The van der Waals surface area contributed by atoms with Crippen LogP contribution in [0.2, 0.25) is 0 Å². The summed E-state index contributed by atoms with van der Waals surface area (Å²) in [6, 6.07) is 10.6. The molecule has 0 bridgehead atoms. The fraction of sp³-hybridized carbons (Fsp3) is 0.600. The number of amides is 1. The van der Waals surface area contributed by atoms with Gasteiger partial charge in [0.05, 0.1) is 6.10 Å². The van der Waals surface area contributed by atoms with E-state index in [0.29, 0.717) is 5.92 Å².